The molecular formula is C41H87NO6P+. The van der Waals surface area contributed by atoms with Gasteiger partial charge in [-0.1, -0.05) is 181 Å². The van der Waals surface area contributed by atoms with Crippen LogP contribution in [0.4, 0.5) is 0 Å². The van der Waals surface area contributed by atoms with Gasteiger partial charge in [-0.15, -0.1) is 0 Å². The minimum atomic E-state index is -4.12. The third-order valence-electron chi connectivity index (χ3n) is 9.45. The zero-order valence-electron chi connectivity index (χ0n) is 33.7. The predicted octanol–water partition coefficient (Wildman–Crippen LogP) is 11.5. The first-order chi connectivity index (χ1) is 23.7. The number of hydrogen-bond donors (Lipinski definition) is 1. The van der Waals surface area contributed by atoms with Gasteiger partial charge in [-0.2, -0.15) is 13.9 Å². The van der Waals surface area contributed by atoms with Crippen LogP contribution in [-0.4, -0.2) is 76.2 Å². The van der Waals surface area contributed by atoms with Gasteiger partial charge in [0.15, 0.2) is 0 Å². The molecule has 0 amide bonds. The Morgan fingerprint density at radius 2 is 0.837 bits per heavy atom. The number of phosphoric ester groups is 1. The van der Waals surface area contributed by atoms with E-state index in [0.29, 0.717) is 26.2 Å². The highest BCUT2D eigenvalue weighted by molar-refractivity contribution is 7.52. The van der Waals surface area contributed by atoms with Crippen LogP contribution >= 0.6 is 8.17 Å². The summed E-state index contributed by atoms with van der Waals surface area (Å²) in [5.41, 5.74) is 0. The molecule has 2 atom stereocenters. The van der Waals surface area contributed by atoms with E-state index in [9.17, 15) is 9.79 Å². The first-order valence-corrected chi connectivity index (χ1v) is 22.8. The molecule has 0 radical (unpaired) electrons. The highest BCUT2D eigenvalue weighted by Gasteiger charge is 2.29. The summed E-state index contributed by atoms with van der Waals surface area (Å²) in [6, 6.07) is 0. The Labute approximate surface area is 307 Å². The number of rotatable bonds is 41. The summed E-state index contributed by atoms with van der Waals surface area (Å²) >= 11 is 0. The van der Waals surface area contributed by atoms with Crippen LogP contribution in [0.3, 0.4) is 0 Å². The van der Waals surface area contributed by atoms with Gasteiger partial charge < -0.3 is 18.9 Å². The lowest BCUT2D eigenvalue weighted by atomic mass is 10.0. The molecule has 0 aromatic heterocycles. The van der Waals surface area contributed by atoms with Crippen LogP contribution in [0.25, 0.3) is 0 Å². The van der Waals surface area contributed by atoms with Crippen LogP contribution in [-0.2, 0) is 18.5 Å². The average molecular weight is 721 g/mol. The van der Waals surface area contributed by atoms with Crippen molar-refractivity contribution in [1.82, 2.24) is 0 Å². The Hall–Kier alpha value is 0.150. The number of unbranched alkanes of at least 4 members (excludes halogenated alkanes) is 26. The Morgan fingerprint density at radius 3 is 1.22 bits per heavy atom. The van der Waals surface area contributed by atoms with E-state index in [-0.39, 0.29) is 19.3 Å². The molecule has 0 aliphatic heterocycles. The minimum Gasteiger partial charge on any atom is -0.606 e. The van der Waals surface area contributed by atoms with Crippen molar-refractivity contribution in [3.63, 3.8) is 0 Å². The Bertz CT molecular complexity index is 648. The molecule has 1 N–H and O–H groups in total. The van der Waals surface area contributed by atoms with Gasteiger partial charge in [-0.25, -0.2) is 0 Å². The predicted molar refractivity (Wildman–Crippen MR) is 210 cm³/mol. The summed E-state index contributed by atoms with van der Waals surface area (Å²) < 4.78 is 23.4. The molecule has 0 fully saturated rings. The van der Waals surface area contributed by atoms with Gasteiger partial charge >= 0.3 is 8.17 Å². The van der Waals surface area contributed by atoms with Crippen molar-refractivity contribution in [3.8, 4) is 0 Å². The Balaban J connectivity index is 4.11. The second-order valence-electron chi connectivity index (χ2n) is 15.7. The lowest BCUT2D eigenvalue weighted by molar-refractivity contribution is -0.870. The van der Waals surface area contributed by atoms with E-state index in [1.807, 2.05) is 0 Å². The van der Waals surface area contributed by atoms with Crippen molar-refractivity contribution in [2.24, 2.45) is 0 Å². The fourth-order valence-corrected chi connectivity index (χ4v) is 7.03. The first kappa shape index (κ1) is 49.1. The molecule has 0 aliphatic rings. The summed E-state index contributed by atoms with van der Waals surface area (Å²) in [4.78, 5) is 22.7. The Morgan fingerprint density at radius 1 is 0.469 bits per heavy atom. The van der Waals surface area contributed by atoms with Gasteiger partial charge in [0.05, 0.1) is 34.3 Å². The molecule has 0 saturated heterocycles. The average Bonchev–Trinajstić information content (AvgIpc) is 3.06. The van der Waals surface area contributed by atoms with Crippen molar-refractivity contribution in [2.75, 3.05) is 60.7 Å². The molecule has 0 bridgehead atoms. The van der Waals surface area contributed by atoms with Crippen molar-refractivity contribution in [3.05, 3.63) is 0 Å². The summed E-state index contributed by atoms with van der Waals surface area (Å²) in [5, 5.41) is 0. The largest absolute Gasteiger partial charge is 0.606 e. The normalized spacial score (nSPS) is 14.0. The smallest absolute Gasteiger partial charge is 0.376 e. The molecule has 7 nitrogen and oxygen atoms in total. The summed E-state index contributed by atoms with van der Waals surface area (Å²) in [7, 11) is 2.15. The molecule has 49 heavy (non-hydrogen) atoms. The maximum absolute atomic E-state index is 12.5. The second kappa shape index (κ2) is 36.5. The van der Waals surface area contributed by atoms with E-state index in [0.717, 1.165) is 30.3 Å². The molecule has 0 heterocycles. The van der Waals surface area contributed by atoms with E-state index in [1.54, 1.807) is 0 Å². The zero-order chi connectivity index (χ0) is 36.2. The van der Waals surface area contributed by atoms with Crippen LogP contribution in [0.5, 0.6) is 0 Å². The molecule has 0 aliphatic carbocycles. The van der Waals surface area contributed by atoms with Crippen LogP contribution in [0.2, 0.25) is 0 Å². The molecule has 8 heteroatoms. The van der Waals surface area contributed by atoms with Crippen LogP contribution in [0.1, 0.15) is 200 Å². The maximum Gasteiger partial charge on any atom is 0.376 e. The van der Waals surface area contributed by atoms with Gasteiger partial charge in [0, 0.05) is 19.6 Å². The highest BCUT2D eigenvalue weighted by Crippen LogP contribution is 2.47. The topological polar surface area (TPSA) is 80.2 Å². The third-order valence-corrected chi connectivity index (χ3v) is 10.4. The van der Waals surface area contributed by atoms with E-state index in [4.69, 9.17) is 18.5 Å². The Kier molecular flexibility index (Phi) is 36.6. The molecular weight excluding hydrogens is 633 g/mol. The summed E-state index contributed by atoms with van der Waals surface area (Å²) in [6.07, 6.45) is 37.6. The minimum absolute atomic E-state index is 0.000451. The van der Waals surface area contributed by atoms with Gasteiger partial charge in [0.1, 0.15) is 19.3 Å². The maximum atomic E-state index is 12.5. The van der Waals surface area contributed by atoms with E-state index >= 15 is 0 Å². The van der Waals surface area contributed by atoms with Crippen LogP contribution in [0.15, 0.2) is 0 Å². The second-order valence-corrected chi connectivity index (χ2v) is 17.2. The van der Waals surface area contributed by atoms with Crippen molar-refractivity contribution in [2.45, 2.75) is 206 Å². The number of nitrogens with zero attached hydrogens (tertiary/aromatic N) is 1. The van der Waals surface area contributed by atoms with E-state index in [1.165, 1.54) is 161 Å². The number of phosphoric acid groups is 1. The highest BCUT2D eigenvalue weighted by atomic mass is 31.2. The quantitative estimate of drug-likeness (QED) is 0.0385. The van der Waals surface area contributed by atoms with Gasteiger partial charge in [0.25, 0.3) is 0 Å². The lowest BCUT2D eigenvalue weighted by Crippen LogP contribution is -2.36. The molecule has 0 aromatic carbocycles. The zero-order valence-corrected chi connectivity index (χ0v) is 34.6. The summed E-state index contributed by atoms with van der Waals surface area (Å²) in [6.45, 7) is 7.30. The van der Waals surface area contributed by atoms with Crippen LogP contribution in [0, 0.1) is 0 Å². The molecule has 0 spiro atoms. The van der Waals surface area contributed by atoms with Crippen molar-refractivity contribution < 1.29 is 32.8 Å². The monoisotopic (exact) mass is 721 g/mol. The molecule has 0 saturated carbocycles. The number of quaternary nitrogens is 1. The fourth-order valence-electron chi connectivity index (χ4n) is 6.24. The van der Waals surface area contributed by atoms with Gasteiger partial charge in [-0.3, -0.25) is 0 Å². The number of hydrogen-bond acceptors (Lipinski definition) is 6. The molecule has 1 unspecified atom stereocenters. The van der Waals surface area contributed by atoms with E-state index < -0.39 is 8.17 Å². The first-order valence-electron chi connectivity index (χ1n) is 21.3. The van der Waals surface area contributed by atoms with Crippen LogP contribution < -0.4 is 4.89 Å². The summed E-state index contributed by atoms with van der Waals surface area (Å²) in [5.74, 6) is 0. The SMILES string of the molecule is CCCCCCCCCCCCCCCCOC[C@H](CO[P+]([O-])(O)OCCC[N+](C)(C)C)OCCCCCCCCCCCCCCCC. The van der Waals surface area contributed by atoms with Crippen molar-refractivity contribution in [1.29, 1.82) is 0 Å². The van der Waals surface area contributed by atoms with Gasteiger partial charge in [-0.05, 0) is 12.8 Å². The van der Waals surface area contributed by atoms with E-state index in [2.05, 4.69) is 35.0 Å². The lowest BCUT2D eigenvalue weighted by Gasteiger charge is -2.25. The third kappa shape index (κ3) is 40.8. The van der Waals surface area contributed by atoms with Gasteiger partial charge in [0.2, 0.25) is 0 Å². The number of ether oxygens (including phenoxy) is 2. The standard InChI is InChI=1S/C41H86NO6P/c1-6-8-10-12-14-16-18-20-22-24-26-28-30-32-36-45-39-41(40-48-49(43,44)47-38-34-35-42(3,4)5)46-37-33-31-29-27-25-23-21-19-17-15-13-11-9-7-2/h41H,6-40H2,1-5H3/p+1/t41-/m1/s1. The molecule has 0 rings (SSSR count). The molecule has 296 valence electrons. The van der Waals surface area contributed by atoms with Crippen molar-refractivity contribution >= 4 is 8.17 Å². The molecule has 0 aromatic rings. The fraction of sp³-hybridized carbons (Fsp3) is 1.00.